The molecule has 6 bridgehead atoms. The number of benzene rings is 1. The van der Waals surface area contributed by atoms with Crippen molar-refractivity contribution in [3.8, 4) is 0 Å². The van der Waals surface area contributed by atoms with Gasteiger partial charge in [0, 0.05) is 85.0 Å². The van der Waals surface area contributed by atoms with Gasteiger partial charge in [0.1, 0.15) is 17.0 Å². The molecular weight excluding hydrogens is 871 g/mol. The summed E-state index contributed by atoms with van der Waals surface area (Å²) in [6, 6.07) is 2.70. The van der Waals surface area contributed by atoms with E-state index in [1.54, 1.807) is 25.8 Å². The van der Waals surface area contributed by atoms with Gasteiger partial charge in [-0.1, -0.05) is 39.8 Å². The van der Waals surface area contributed by atoms with Crippen molar-refractivity contribution in [2.45, 2.75) is 123 Å². The number of sulfonamides is 1. The summed E-state index contributed by atoms with van der Waals surface area (Å²) in [6.45, 7) is 12.1. The molecule has 19 heteroatoms. The van der Waals surface area contributed by atoms with Crippen molar-refractivity contribution < 1.29 is 37.1 Å². The lowest BCUT2D eigenvalue weighted by molar-refractivity contribution is -0.732. The predicted octanol–water partition coefficient (Wildman–Crippen LogP) is 5.06. The number of nitroso groups, excluding NO2 is 1. The Morgan fingerprint density at radius 1 is 1.18 bits per heavy atom. The van der Waals surface area contributed by atoms with Crippen molar-refractivity contribution in [3.05, 3.63) is 57.1 Å². The quantitative estimate of drug-likeness (QED) is 0.174. The third kappa shape index (κ3) is 10.3. The van der Waals surface area contributed by atoms with E-state index in [4.69, 9.17) is 19.5 Å². The second kappa shape index (κ2) is 19.8. The molecular formula is C46H66N9O8S2+. The number of amides is 2. The molecule has 2 fully saturated rings. The number of esters is 1. The van der Waals surface area contributed by atoms with Gasteiger partial charge < -0.3 is 19.4 Å². The molecule has 1 aromatic carbocycles. The maximum absolute atomic E-state index is 14.6. The van der Waals surface area contributed by atoms with Crippen LogP contribution in [0.2, 0.25) is 0 Å². The number of methoxy groups -OCH3 is 1. The van der Waals surface area contributed by atoms with E-state index in [1.165, 1.54) is 27.4 Å². The molecule has 5 aliphatic heterocycles. The Balaban J connectivity index is 1.23. The number of cyclic esters (lactones) is 1. The first-order valence-corrected chi connectivity index (χ1v) is 25.3. The fourth-order valence-corrected chi connectivity index (χ4v) is 12.1. The first-order valence-electron chi connectivity index (χ1n) is 22.8. The number of allylic oxidation sites excluding steroid dienone is 2. The third-order valence-corrected chi connectivity index (χ3v) is 16.0. The van der Waals surface area contributed by atoms with Gasteiger partial charge in [-0.3, -0.25) is 29.4 Å². The first-order chi connectivity index (χ1) is 30.8. The maximum atomic E-state index is 14.6. The Morgan fingerprint density at radius 2 is 1.95 bits per heavy atom. The largest absolute Gasteiger partial charge is 0.464 e. The highest BCUT2D eigenvalue weighted by Crippen LogP contribution is 2.42. The molecule has 1 unspecified atom stereocenters. The second-order valence-corrected chi connectivity index (χ2v) is 21.9. The van der Waals surface area contributed by atoms with E-state index in [9.17, 15) is 27.7 Å². The number of aliphatic imine (C=N–C) groups is 2. The van der Waals surface area contributed by atoms with Gasteiger partial charge in [0.2, 0.25) is 22.0 Å². The van der Waals surface area contributed by atoms with Crippen LogP contribution in [-0.4, -0.2) is 138 Å². The molecule has 1 aromatic heterocycles. The summed E-state index contributed by atoms with van der Waals surface area (Å²) < 4.78 is 40.9. The van der Waals surface area contributed by atoms with Crippen LogP contribution in [0, 0.1) is 16.2 Å². The van der Waals surface area contributed by atoms with E-state index in [0.29, 0.717) is 47.9 Å². The number of nitrogens with zero attached hydrogens (tertiary/aromatic N) is 7. The molecule has 0 spiro atoms. The molecule has 2 N–H and O–H groups in total. The topological polar surface area (TPSA) is 187 Å². The number of hydrogen-bond acceptors (Lipinski definition) is 12. The van der Waals surface area contributed by atoms with Gasteiger partial charge in [-0.05, 0) is 75.1 Å². The Kier molecular flexibility index (Phi) is 14.8. The number of aromatic nitrogens is 1. The highest BCUT2D eigenvalue weighted by atomic mass is 32.2. The van der Waals surface area contributed by atoms with Crippen molar-refractivity contribution >= 4 is 67.3 Å². The molecule has 5 aliphatic rings. The minimum Gasteiger partial charge on any atom is -0.464 e. The normalized spacial score (nSPS) is 25.5. The lowest BCUT2D eigenvalue weighted by atomic mass is 9.83. The number of hydrogen-bond donors (Lipinski definition) is 2. The molecule has 0 radical (unpaired) electrons. The van der Waals surface area contributed by atoms with Crippen molar-refractivity contribution in [3.63, 3.8) is 0 Å². The summed E-state index contributed by atoms with van der Waals surface area (Å²) in [7, 11) is 1.64. The van der Waals surface area contributed by atoms with Gasteiger partial charge in [0.15, 0.2) is 6.04 Å². The summed E-state index contributed by atoms with van der Waals surface area (Å²) >= 11 is 1.55. The number of carbonyl (C=O) groups is 3. The molecule has 6 atom stereocenters. The van der Waals surface area contributed by atoms with Gasteiger partial charge in [-0.15, -0.1) is 16.8 Å². The van der Waals surface area contributed by atoms with Crippen LogP contribution in [0.3, 0.4) is 0 Å². The predicted molar refractivity (Wildman–Crippen MR) is 253 cm³/mol. The van der Waals surface area contributed by atoms with Crippen molar-refractivity contribution in [1.82, 2.24) is 29.6 Å². The van der Waals surface area contributed by atoms with E-state index in [0.717, 1.165) is 57.2 Å². The van der Waals surface area contributed by atoms with Crippen LogP contribution in [-0.2, 0) is 47.3 Å². The van der Waals surface area contributed by atoms with Crippen LogP contribution >= 0.6 is 11.8 Å². The Morgan fingerprint density at radius 3 is 2.68 bits per heavy atom. The van der Waals surface area contributed by atoms with Gasteiger partial charge in [-0.25, -0.2) is 13.8 Å². The van der Waals surface area contributed by atoms with E-state index >= 15 is 0 Å². The molecule has 7 rings (SSSR count). The number of thioether (sulfide) groups is 1. The summed E-state index contributed by atoms with van der Waals surface area (Å²) in [6.07, 6.45) is 6.82. The zero-order chi connectivity index (χ0) is 47.0. The summed E-state index contributed by atoms with van der Waals surface area (Å²) in [4.78, 5) is 67.5. The zero-order valence-corrected chi connectivity index (χ0v) is 40.8. The molecule has 6 heterocycles. The Bertz CT molecular complexity index is 2430. The van der Waals surface area contributed by atoms with Gasteiger partial charge in [0.25, 0.3) is 5.91 Å². The molecule has 0 aliphatic carbocycles. The van der Waals surface area contributed by atoms with Gasteiger partial charge >= 0.3 is 5.97 Å². The van der Waals surface area contributed by atoms with Crippen molar-refractivity contribution in [1.29, 1.82) is 0 Å². The molecule has 354 valence electrons. The number of hydrazine groups is 2. The molecule has 2 aromatic rings. The zero-order valence-electron chi connectivity index (χ0n) is 39.2. The summed E-state index contributed by atoms with van der Waals surface area (Å²) in [5.74, 6) is -1.15. The highest BCUT2D eigenvalue weighted by molar-refractivity contribution is 8.14. The molecule has 17 nitrogen and oxygen atoms in total. The summed E-state index contributed by atoms with van der Waals surface area (Å²) in [5, 5.41) is 8.63. The molecule has 0 saturated carbocycles. The minimum absolute atomic E-state index is 0.0184. The number of fused-ring (bicyclic) bond motifs is 5. The van der Waals surface area contributed by atoms with Crippen molar-refractivity contribution in [2.24, 2.45) is 28.4 Å². The van der Waals surface area contributed by atoms with Crippen LogP contribution in [0.1, 0.15) is 103 Å². The second-order valence-electron chi connectivity index (χ2n) is 19.0. The maximum Gasteiger partial charge on any atom is 0.324 e. The Hall–Kier alpha value is -4.43. The molecule has 2 amide bonds. The average molecular weight is 937 g/mol. The van der Waals surface area contributed by atoms with E-state index < -0.39 is 57.4 Å². The van der Waals surface area contributed by atoms with E-state index in [2.05, 4.69) is 54.4 Å². The smallest absolute Gasteiger partial charge is 0.324 e. The molecule has 65 heavy (non-hydrogen) atoms. The monoisotopic (exact) mass is 936 g/mol. The van der Waals surface area contributed by atoms with Crippen LogP contribution in [0.5, 0.6) is 0 Å². The standard InChI is InChI=1S/C46H65N9O8S2/c1-10-21-65(60,61)53-20-17-31(25-53)55(59)52(8)41(28(2)3)43(56)49-36-23-39-48-37(26-64-39)30-15-16-38-33(22-30)34(42(51(38)7)32-13-11-18-47-40(32)29(4)62-9)24-46(5,6)27-63-45(58)35-14-12-19-54(50-35)44(36)57/h10,15-16,18,21-22,28-29,31,35-37,41,50H,11-14,17,19-20,23-27H2,1-9H3/p+1/b21-10+/t29-,31-,35-,36-,37?,41-/m0/s1. The van der Waals surface area contributed by atoms with Crippen LogP contribution < -0.4 is 10.7 Å². The Labute approximate surface area is 387 Å². The lowest BCUT2D eigenvalue weighted by Crippen LogP contribution is -2.62. The minimum atomic E-state index is -3.67. The first kappa shape index (κ1) is 48.5. The highest BCUT2D eigenvalue weighted by Gasteiger charge is 2.46. The number of ether oxygens (including phenoxy) is 2. The SMILES string of the molecule is C/C=C/S(=O)(=O)N1CC[C@H]([N+](=O)N(C)[C@H](C(=O)N[C@H]2CC3=NC(CS3)c3ccc4c(c3)c(c(C3=C([C@H](C)OC)N=CCC3)n4C)CC(C)(C)COC(=O)[C@@H]3CCCN(N3)C2=O)C(C)C)C1. The van der Waals surface area contributed by atoms with Crippen LogP contribution in [0.25, 0.3) is 16.5 Å². The van der Waals surface area contributed by atoms with Gasteiger partial charge in [-0.2, -0.15) is 4.31 Å². The number of carbonyl (C=O) groups excluding carboxylic acids is 3. The third-order valence-electron chi connectivity index (χ3n) is 13.2. The van der Waals surface area contributed by atoms with Crippen molar-refractivity contribution in [2.75, 3.05) is 46.2 Å². The number of rotatable bonds is 11. The number of aryl methyl sites for hydroxylation is 1. The van der Waals surface area contributed by atoms with E-state index in [-0.39, 0.29) is 44.2 Å². The van der Waals surface area contributed by atoms with Gasteiger partial charge in [0.05, 0.1) is 48.0 Å². The number of likely N-dealkylation sites (N-methyl/N-ethyl adjacent to an activating group) is 1. The van der Waals surface area contributed by atoms with Crippen LogP contribution in [0.4, 0.5) is 0 Å². The fraction of sp³-hybridized carbons (Fsp3) is 0.630. The van der Waals surface area contributed by atoms with E-state index in [1.807, 2.05) is 27.0 Å². The average Bonchev–Trinajstić information content (AvgIpc) is 4.03. The molecule has 2 saturated heterocycles. The van der Waals surface area contributed by atoms with Crippen LogP contribution in [0.15, 0.2) is 45.4 Å². The lowest BCUT2D eigenvalue weighted by Gasteiger charge is -2.36. The fourth-order valence-electron chi connectivity index (χ4n) is 9.79. The number of nitrogens with one attached hydrogen (secondary N) is 2. The summed E-state index contributed by atoms with van der Waals surface area (Å²) in [5.41, 5.74) is 9.03.